The second-order valence-electron chi connectivity index (χ2n) is 6.79. The summed E-state index contributed by atoms with van der Waals surface area (Å²) in [6.45, 7) is 8.46. The van der Waals surface area contributed by atoms with E-state index in [9.17, 15) is 4.79 Å². The Hall–Kier alpha value is -1.85. The molecule has 0 spiro atoms. The van der Waals surface area contributed by atoms with Gasteiger partial charge in [0.05, 0.1) is 22.5 Å². The number of carbonyl (C=O) groups excluding carboxylic acids is 1. The van der Waals surface area contributed by atoms with Crippen LogP contribution < -0.4 is 0 Å². The first-order valence-electron chi connectivity index (χ1n) is 8.97. The van der Waals surface area contributed by atoms with Crippen molar-refractivity contribution in [2.75, 3.05) is 6.54 Å². The third-order valence-electron chi connectivity index (χ3n) is 4.43. The van der Waals surface area contributed by atoms with Crippen molar-refractivity contribution in [3.05, 3.63) is 51.4 Å². The van der Waals surface area contributed by atoms with Gasteiger partial charge < -0.3 is 9.47 Å². The maximum Gasteiger partial charge on any atom is 0.264 e. The molecule has 0 atom stereocenters. The summed E-state index contributed by atoms with van der Waals surface area (Å²) in [4.78, 5) is 20.4. The summed E-state index contributed by atoms with van der Waals surface area (Å²) < 4.78 is 2.14. The van der Waals surface area contributed by atoms with E-state index in [4.69, 9.17) is 16.6 Å². The van der Waals surface area contributed by atoms with E-state index in [2.05, 4.69) is 25.3 Å². The van der Waals surface area contributed by atoms with Crippen molar-refractivity contribution in [1.29, 1.82) is 0 Å². The number of nitrogens with zero attached hydrogens (tertiary/aromatic N) is 3. The molecular formula is C20H24ClN3OS. The molecule has 0 fully saturated rings. The van der Waals surface area contributed by atoms with Crippen LogP contribution in [0.15, 0.2) is 35.7 Å². The lowest BCUT2D eigenvalue weighted by Gasteiger charge is -2.23. The standard InChI is InChI=1S/C20H24ClN3OS/c1-4-24-17-12-15(21)7-8-16(17)22-19(24)13-23(10-9-14(2)3)20(25)18-6-5-11-26-18/h5-8,11-12,14H,4,9-10,13H2,1-3H3. The summed E-state index contributed by atoms with van der Waals surface area (Å²) in [6, 6.07) is 9.54. The Kier molecular flexibility index (Phi) is 5.99. The molecule has 138 valence electrons. The molecule has 0 unspecified atom stereocenters. The van der Waals surface area contributed by atoms with E-state index in [1.165, 1.54) is 11.3 Å². The molecule has 0 aliphatic heterocycles. The Morgan fingerprint density at radius 1 is 1.35 bits per heavy atom. The third kappa shape index (κ3) is 4.10. The second kappa shape index (κ2) is 8.23. The normalized spacial score (nSPS) is 11.4. The molecule has 2 aromatic heterocycles. The fourth-order valence-electron chi connectivity index (χ4n) is 3.01. The van der Waals surface area contributed by atoms with E-state index in [1.807, 2.05) is 40.6 Å². The van der Waals surface area contributed by atoms with Crippen molar-refractivity contribution in [3.8, 4) is 0 Å². The molecule has 0 saturated carbocycles. The van der Waals surface area contributed by atoms with Gasteiger partial charge in [0.1, 0.15) is 5.82 Å². The maximum atomic E-state index is 13.0. The zero-order valence-corrected chi connectivity index (χ0v) is 17.0. The first-order valence-corrected chi connectivity index (χ1v) is 10.2. The number of aryl methyl sites for hydroxylation is 1. The van der Waals surface area contributed by atoms with Crippen molar-refractivity contribution < 1.29 is 4.79 Å². The van der Waals surface area contributed by atoms with Crippen molar-refractivity contribution in [2.45, 2.75) is 40.3 Å². The number of imidazole rings is 1. The monoisotopic (exact) mass is 389 g/mol. The fourth-order valence-corrected chi connectivity index (χ4v) is 3.87. The van der Waals surface area contributed by atoms with E-state index in [1.54, 1.807) is 0 Å². The van der Waals surface area contributed by atoms with Crippen LogP contribution in [-0.2, 0) is 13.1 Å². The van der Waals surface area contributed by atoms with Crippen molar-refractivity contribution in [3.63, 3.8) is 0 Å². The molecule has 0 bridgehead atoms. The summed E-state index contributed by atoms with van der Waals surface area (Å²) in [5.74, 6) is 1.52. The lowest BCUT2D eigenvalue weighted by molar-refractivity contribution is 0.0734. The van der Waals surface area contributed by atoms with Crippen LogP contribution in [0.2, 0.25) is 5.02 Å². The minimum Gasteiger partial charge on any atom is -0.330 e. The van der Waals surface area contributed by atoms with Gasteiger partial charge in [0, 0.05) is 18.1 Å². The number of carbonyl (C=O) groups is 1. The van der Waals surface area contributed by atoms with E-state index in [-0.39, 0.29) is 5.91 Å². The van der Waals surface area contributed by atoms with Crippen molar-refractivity contribution >= 4 is 39.9 Å². The van der Waals surface area contributed by atoms with Crippen LogP contribution in [0.5, 0.6) is 0 Å². The fraction of sp³-hybridized carbons (Fsp3) is 0.400. The maximum absolute atomic E-state index is 13.0. The molecule has 0 aliphatic rings. The Morgan fingerprint density at radius 3 is 2.81 bits per heavy atom. The van der Waals surface area contributed by atoms with Crippen LogP contribution in [0.25, 0.3) is 11.0 Å². The summed E-state index contributed by atoms with van der Waals surface area (Å²) in [5, 5.41) is 2.64. The number of halogens is 1. The van der Waals surface area contributed by atoms with Gasteiger partial charge in [-0.25, -0.2) is 4.98 Å². The third-order valence-corrected chi connectivity index (χ3v) is 5.53. The summed E-state index contributed by atoms with van der Waals surface area (Å²) >= 11 is 7.65. The predicted molar refractivity (Wildman–Crippen MR) is 109 cm³/mol. The minimum absolute atomic E-state index is 0.0772. The van der Waals surface area contributed by atoms with Gasteiger partial charge in [-0.1, -0.05) is 31.5 Å². The molecule has 1 aromatic carbocycles. The van der Waals surface area contributed by atoms with Gasteiger partial charge in [-0.3, -0.25) is 4.79 Å². The number of rotatable bonds is 7. The van der Waals surface area contributed by atoms with Gasteiger partial charge in [-0.15, -0.1) is 11.3 Å². The smallest absolute Gasteiger partial charge is 0.264 e. The van der Waals surface area contributed by atoms with Gasteiger partial charge in [0.2, 0.25) is 0 Å². The Bertz CT molecular complexity index is 886. The zero-order chi connectivity index (χ0) is 18.7. The molecule has 26 heavy (non-hydrogen) atoms. The molecule has 1 amide bonds. The van der Waals surface area contributed by atoms with Gasteiger partial charge in [-0.2, -0.15) is 0 Å². The quantitative estimate of drug-likeness (QED) is 0.538. The summed E-state index contributed by atoms with van der Waals surface area (Å²) in [6.07, 6.45) is 0.968. The second-order valence-corrected chi connectivity index (χ2v) is 8.18. The minimum atomic E-state index is 0.0772. The number of fused-ring (bicyclic) bond motifs is 1. The molecule has 4 nitrogen and oxygen atoms in total. The van der Waals surface area contributed by atoms with Gasteiger partial charge in [0.15, 0.2) is 0 Å². The van der Waals surface area contributed by atoms with Gasteiger partial charge in [0.25, 0.3) is 5.91 Å². The highest BCUT2D eigenvalue weighted by atomic mass is 35.5. The van der Waals surface area contributed by atoms with Crippen LogP contribution in [0.4, 0.5) is 0 Å². The van der Waals surface area contributed by atoms with E-state index in [0.717, 1.165) is 41.2 Å². The van der Waals surface area contributed by atoms with E-state index < -0.39 is 0 Å². The van der Waals surface area contributed by atoms with Gasteiger partial charge >= 0.3 is 0 Å². The largest absolute Gasteiger partial charge is 0.330 e. The van der Waals surface area contributed by atoms with E-state index >= 15 is 0 Å². The molecular weight excluding hydrogens is 366 g/mol. The average Bonchev–Trinajstić information content (AvgIpc) is 3.25. The Labute approximate surface area is 163 Å². The number of benzene rings is 1. The first kappa shape index (κ1) is 18.9. The van der Waals surface area contributed by atoms with Crippen LogP contribution in [0.3, 0.4) is 0 Å². The van der Waals surface area contributed by atoms with Crippen molar-refractivity contribution in [2.24, 2.45) is 5.92 Å². The SMILES string of the molecule is CCn1c(CN(CCC(C)C)C(=O)c2cccs2)nc2ccc(Cl)cc21. The highest BCUT2D eigenvalue weighted by Gasteiger charge is 2.20. The number of hydrogen-bond acceptors (Lipinski definition) is 3. The predicted octanol–water partition coefficient (Wildman–Crippen LogP) is 5.46. The van der Waals surface area contributed by atoms with Crippen LogP contribution >= 0.6 is 22.9 Å². The number of hydrogen-bond donors (Lipinski definition) is 0. The Balaban J connectivity index is 1.93. The molecule has 3 aromatic rings. The lowest BCUT2D eigenvalue weighted by atomic mass is 10.1. The highest BCUT2D eigenvalue weighted by molar-refractivity contribution is 7.12. The highest BCUT2D eigenvalue weighted by Crippen LogP contribution is 2.23. The van der Waals surface area contributed by atoms with Gasteiger partial charge in [-0.05, 0) is 48.9 Å². The van der Waals surface area contributed by atoms with Crippen molar-refractivity contribution in [1.82, 2.24) is 14.5 Å². The topological polar surface area (TPSA) is 38.1 Å². The van der Waals surface area contributed by atoms with Crippen LogP contribution in [0.1, 0.15) is 42.7 Å². The van der Waals surface area contributed by atoms with E-state index in [0.29, 0.717) is 17.5 Å². The Morgan fingerprint density at radius 2 is 2.15 bits per heavy atom. The number of aromatic nitrogens is 2. The number of thiophene rings is 1. The zero-order valence-electron chi connectivity index (χ0n) is 15.4. The summed E-state index contributed by atoms with van der Waals surface area (Å²) in [5.41, 5.74) is 1.93. The molecule has 0 N–H and O–H groups in total. The van der Waals surface area contributed by atoms with Crippen LogP contribution in [0, 0.1) is 5.92 Å². The molecule has 3 rings (SSSR count). The lowest BCUT2D eigenvalue weighted by Crippen LogP contribution is -2.32. The molecule has 0 radical (unpaired) electrons. The first-order chi connectivity index (χ1) is 12.5. The average molecular weight is 390 g/mol. The molecule has 0 aliphatic carbocycles. The number of amides is 1. The molecule has 6 heteroatoms. The van der Waals surface area contributed by atoms with Crippen LogP contribution in [-0.4, -0.2) is 26.9 Å². The molecule has 0 saturated heterocycles. The molecule has 2 heterocycles. The summed E-state index contributed by atoms with van der Waals surface area (Å²) in [7, 11) is 0.